The van der Waals surface area contributed by atoms with E-state index in [2.05, 4.69) is 10.3 Å². The van der Waals surface area contributed by atoms with Gasteiger partial charge in [0.25, 0.3) is 11.5 Å². The van der Waals surface area contributed by atoms with Gasteiger partial charge in [-0.15, -0.1) is 0 Å². The Kier molecular flexibility index (Phi) is 2.81. The van der Waals surface area contributed by atoms with E-state index in [4.69, 9.17) is 0 Å². The second kappa shape index (κ2) is 4.50. The minimum Gasteiger partial charge on any atom is -0.349 e. The van der Waals surface area contributed by atoms with Crippen LogP contribution in [0.15, 0.2) is 29.3 Å². The van der Waals surface area contributed by atoms with E-state index in [1.165, 1.54) is 10.9 Å². The van der Waals surface area contributed by atoms with Gasteiger partial charge < -0.3 is 5.32 Å². The maximum Gasteiger partial charge on any atom is 0.261 e. The van der Waals surface area contributed by atoms with Crippen molar-refractivity contribution in [2.45, 2.75) is 32.4 Å². The maximum absolute atomic E-state index is 12.2. The van der Waals surface area contributed by atoms with Gasteiger partial charge in [0.1, 0.15) is 0 Å². The van der Waals surface area contributed by atoms with E-state index in [9.17, 15) is 9.59 Å². The Balaban J connectivity index is 2.05. The summed E-state index contributed by atoms with van der Waals surface area (Å²) in [7, 11) is 0. The molecule has 1 aromatic carbocycles. The molecule has 98 valence electrons. The monoisotopic (exact) mass is 257 g/mol. The number of carbonyl (C=O) groups is 1. The van der Waals surface area contributed by atoms with Gasteiger partial charge in [0.15, 0.2) is 0 Å². The van der Waals surface area contributed by atoms with Crippen LogP contribution in [0.5, 0.6) is 0 Å². The summed E-state index contributed by atoms with van der Waals surface area (Å²) in [6, 6.07) is 5.37. The largest absolute Gasteiger partial charge is 0.349 e. The normalized spacial score (nSPS) is 14.6. The third-order valence-electron chi connectivity index (χ3n) is 3.34. The Hall–Kier alpha value is -2.17. The summed E-state index contributed by atoms with van der Waals surface area (Å²) in [5.41, 5.74) is 1.04. The van der Waals surface area contributed by atoms with Crippen molar-refractivity contribution < 1.29 is 4.79 Å². The fourth-order valence-electron chi connectivity index (χ4n) is 2.02. The Labute approximate surface area is 110 Å². The molecular formula is C14H15N3O2. The number of rotatable bonds is 3. The lowest BCUT2D eigenvalue weighted by atomic mass is 10.1. The molecule has 1 aliphatic rings. The highest BCUT2D eigenvalue weighted by atomic mass is 16.2. The minimum atomic E-state index is -0.115. The summed E-state index contributed by atoms with van der Waals surface area (Å²) < 4.78 is 1.53. The minimum absolute atomic E-state index is 0.103. The second-order valence-electron chi connectivity index (χ2n) is 4.82. The number of nitrogens with one attached hydrogen (secondary N) is 1. The van der Waals surface area contributed by atoms with Gasteiger partial charge in [-0.2, -0.15) is 0 Å². The van der Waals surface area contributed by atoms with Crippen molar-refractivity contribution in [3.8, 4) is 0 Å². The van der Waals surface area contributed by atoms with Gasteiger partial charge in [-0.3, -0.25) is 14.2 Å². The van der Waals surface area contributed by atoms with E-state index in [0.29, 0.717) is 29.1 Å². The van der Waals surface area contributed by atoms with E-state index in [1.54, 1.807) is 18.2 Å². The first kappa shape index (κ1) is 11.9. The van der Waals surface area contributed by atoms with Crippen LogP contribution in [0, 0.1) is 0 Å². The first-order valence-electron chi connectivity index (χ1n) is 6.49. The molecule has 3 rings (SSSR count). The number of hydrogen-bond donors (Lipinski definition) is 1. The molecule has 0 bridgehead atoms. The van der Waals surface area contributed by atoms with Gasteiger partial charge in [-0.1, -0.05) is 0 Å². The van der Waals surface area contributed by atoms with Gasteiger partial charge in [-0.05, 0) is 38.0 Å². The Morgan fingerprint density at radius 1 is 1.47 bits per heavy atom. The highest BCUT2D eigenvalue weighted by Gasteiger charge is 2.23. The van der Waals surface area contributed by atoms with Crippen LogP contribution < -0.4 is 10.9 Å². The summed E-state index contributed by atoms with van der Waals surface area (Å²) >= 11 is 0. The highest BCUT2D eigenvalue weighted by Crippen LogP contribution is 2.19. The molecule has 1 aliphatic carbocycles. The number of hydrogen-bond acceptors (Lipinski definition) is 3. The third kappa shape index (κ3) is 2.23. The molecule has 1 aromatic heterocycles. The van der Waals surface area contributed by atoms with Crippen molar-refractivity contribution in [3.63, 3.8) is 0 Å². The number of aryl methyl sites for hydroxylation is 1. The quantitative estimate of drug-likeness (QED) is 0.901. The molecule has 1 fully saturated rings. The molecule has 1 heterocycles. The van der Waals surface area contributed by atoms with Crippen LogP contribution in [0.4, 0.5) is 0 Å². The second-order valence-corrected chi connectivity index (χ2v) is 4.82. The number of benzene rings is 1. The Morgan fingerprint density at radius 2 is 2.26 bits per heavy atom. The van der Waals surface area contributed by atoms with Crippen molar-refractivity contribution in [2.75, 3.05) is 0 Å². The predicted octanol–water partition coefficient (Wildman–Crippen LogP) is 1.31. The van der Waals surface area contributed by atoms with E-state index in [0.717, 1.165) is 12.8 Å². The van der Waals surface area contributed by atoms with Gasteiger partial charge in [0, 0.05) is 18.2 Å². The zero-order valence-electron chi connectivity index (χ0n) is 10.7. The van der Waals surface area contributed by atoms with Crippen LogP contribution in [-0.2, 0) is 6.54 Å². The number of aromatic nitrogens is 2. The summed E-state index contributed by atoms with van der Waals surface area (Å²) in [5.74, 6) is -0.115. The summed E-state index contributed by atoms with van der Waals surface area (Å²) in [4.78, 5) is 28.3. The summed E-state index contributed by atoms with van der Waals surface area (Å²) in [6.45, 7) is 2.46. The van der Waals surface area contributed by atoms with E-state index >= 15 is 0 Å². The van der Waals surface area contributed by atoms with Crippen LogP contribution in [-0.4, -0.2) is 21.5 Å². The molecule has 1 amide bonds. The molecule has 0 saturated heterocycles. The molecule has 2 aromatic rings. The average molecular weight is 257 g/mol. The predicted molar refractivity (Wildman–Crippen MR) is 72.2 cm³/mol. The molecule has 5 nitrogen and oxygen atoms in total. The molecule has 1 saturated carbocycles. The van der Waals surface area contributed by atoms with Crippen LogP contribution >= 0.6 is 0 Å². The summed E-state index contributed by atoms with van der Waals surface area (Å²) in [6.07, 6.45) is 3.63. The van der Waals surface area contributed by atoms with E-state index in [1.807, 2.05) is 6.92 Å². The van der Waals surface area contributed by atoms with Crippen molar-refractivity contribution in [2.24, 2.45) is 0 Å². The molecule has 1 N–H and O–H groups in total. The highest BCUT2D eigenvalue weighted by molar-refractivity contribution is 5.98. The van der Waals surface area contributed by atoms with Crippen LogP contribution in [0.2, 0.25) is 0 Å². The van der Waals surface area contributed by atoms with Crippen LogP contribution in [0.3, 0.4) is 0 Å². The number of fused-ring (bicyclic) bond motifs is 1. The fourth-order valence-corrected chi connectivity index (χ4v) is 2.02. The van der Waals surface area contributed by atoms with Crippen LogP contribution in [0.25, 0.3) is 10.9 Å². The Bertz CT molecular complexity index is 701. The maximum atomic E-state index is 12.2. The van der Waals surface area contributed by atoms with Gasteiger partial charge in [0.2, 0.25) is 0 Å². The summed E-state index contributed by atoms with van der Waals surface area (Å²) in [5, 5.41) is 3.41. The van der Waals surface area contributed by atoms with Gasteiger partial charge in [0.05, 0.1) is 17.2 Å². The molecule has 0 spiro atoms. The first-order valence-corrected chi connectivity index (χ1v) is 6.49. The molecule has 0 unspecified atom stereocenters. The zero-order chi connectivity index (χ0) is 13.4. The lowest BCUT2D eigenvalue weighted by Gasteiger charge is -2.06. The average Bonchev–Trinajstić information content (AvgIpc) is 3.23. The molecule has 19 heavy (non-hydrogen) atoms. The van der Waals surface area contributed by atoms with Crippen molar-refractivity contribution in [1.29, 1.82) is 0 Å². The van der Waals surface area contributed by atoms with Crippen LogP contribution in [0.1, 0.15) is 30.1 Å². The molecule has 0 atom stereocenters. The molecule has 0 radical (unpaired) electrons. The first-order chi connectivity index (χ1) is 9.19. The lowest BCUT2D eigenvalue weighted by molar-refractivity contribution is 0.0951. The topological polar surface area (TPSA) is 64.0 Å². The number of amides is 1. The Morgan fingerprint density at radius 3 is 2.95 bits per heavy atom. The molecule has 5 heteroatoms. The zero-order valence-corrected chi connectivity index (χ0v) is 10.7. The standard InChI is InChI=1S/C14H15N3O2/c1-2-17-8-15-12-6-3-9(7-11(12)14(17)19)13(18)16-10-4-5-10/h3,6-8,10H,2,4-5H2,1H3,(H,16,18). The fraction of sp³-hybridized carbons (Fsp3) is 0.357. The lowest BCUT2D eigenvalue weighted by Crippen LogP contribution is -2.26. The number of carbonyl (C=O) groups excluding carboxylic acids is 1. The van der Waals surface area contributed by atoms with E-state index < -0.39 is 0 Å². The number of nitrogens with zero attached hydrogens (tertiary/aromatic N) is 2. The van der Waals surface area contributed by atoms with Crippen molar-refractivity contribution in [1.82, 2.24) is 14.9 Å². The van der Waals surface area contributed by atoms with Gasteiger partial charge >= 0.3 is 0 Å². The van der Waals surface area contributed by atoms with Crippen molar-refractivity contribution in [3.05, 3.63) is 40.4 Å². The smallest absolute Gasteiger partial charge is 0.261 e. The SMILES string of the molecule is CCn1cnc2ccc(C(=O)NC3CC3)cc2c1=O. The molecular weight excluding hydrogens is 242 g/mol. The third-order valence-corrected chi connectivity index (χ3v) is 3.34. The van der Waals surface area contributed by atoms with Gasteiger partial charge in [-0.25, -0.2) is 4.98 Å². The van der Waals surface area contributed by atoms with E-state index in [-0.39, 0.29) is 11.5 Å². The molecule has 0 aliphatic heterocycles. The van der Waals surface area contributed by atoms with Crippen molar-refractivity contribution >= 4 is 16.8 Å².